The molecule has 0 aliphatic rings. The van der Waals surface area contributed by atoms with E-state index in [1.54, 1.807) is 37.3 Å². The van der Waals surface area contributed by atoms with E-state index in [9.17, 15) is 9.50 Å². The Labute approximate surface area is 110 Å². The summed E-state index contributed by atoms with van der Waals surface area (Å²) in [6, 6.07) is 11.0. The van der Waals surface area contributed by atoms with E-state index in [0.29, 0.717) is 16.3 Å². The van der Waals surface area contributed by atoms with Gasteiger partial charge in [0.05, 0.1) is 11.1 Å². The van der Waals surface area contributed by atoms with Crippen LogP contribution in [0.4, 0.5) is 4.39 Å². The van der Waals surface area contributed by atoms with Gasteiger partial charge in [0.2, 0.25) is 0 Å². The molecular weight excluding hydrogens is 255 g/mol. The fourth-order valence-corrected chi connectivity index (χ4v) is 1.73. The molecule has 0 spiro atoms. The van der Waals surface area contributed by atoms with Gasteiger partial charge in [-0.25, -0.2) is 4.39 Å². The zero-order valence-electron chi connectivity index (χ0n) is 9.73. The molecule has 0 saturated carbocycles. The van der Waals surface area contributed by atoms with Gasteiger partial charge in [0, 0.05) is 0 Å². The maximum atomic E-state index is 13.4. The highest BCUT2D eigenvalue weighted by Crippen LogP contribution is 2.32. The lowest BCUT2D eigenvalue weighted by molar-refractivity contribution is 0.199. The van der Waals surface area contributed by atoms with Gasteiger partial charge in [0.15, 0.2) is 11.6 Å². The lowest BCUT2D eigenvalue weighted by Gasteiger charge is -2.10. The van der Waals surface area contributed by atoms with E-state index in [4.69, 9.17) is 16.3 Å². The fourth-order valence-electron chi connectivity index (χ4n) is 1.51. The van der Waals surface area contributed by atoms with Gasteiger partial charge in [0.25, 0.3) is 0 Å². The second kappa shape index (κ2) is 5.38. The first-order chi connectivity index (χ1) is 8.58. The first-order valence-corrected chi connectivity index (χ1v) is 5.85. The molecule has 0 aliphatic carbocycles. The molecular formula is C14H12ClFO2. The second-order valence-electron chi connectivity index (χ2n) is 3.90. The first kappa shape index (κ1) is 12.9. The predicted molar refractivity (Wildman–Crippen MR) is 68.6 cm³/mol. The van der Waals surface area contributed by atoms with E-state index in [1.807, 2.05) is 0 Å². The van der Waals surface area contributed by atoms with Gasteiger partial charge in [-0.2, -0.15) is 0 Å². The van der Waals surface area contributed by atoms with Gasteiger partial charge in [0.1, 0.15) is 5.75 Å². The maximum absolute atomic E-state index is 13.4. The molecule has 0 unspecified atom stereocenters. The minimum absolute atomic E-state index is 0.115. The summed E-state index contributed by atoms with van der Waals surface area (Å²) in [4.78, 5) is 0. The lowest BCUT2D eigenvalue weighted by atomic mass is 10.1. The van der Waals surface area contributed by atoms with Crippen LogP contribution in [0.1, 0.15) is 18.6 Å². The molecule has 0 aliphatic heterocycles. The van der Waals surface area contributed by atoms with Gasteiger partial charge in [-0.1, -0.05) is 29.8 Å². The van der Waals surface area contributed by atoms with Crippen molar-refractivity contribution in [2.75, 3.05) is 0 Å². The molecule has 0 fully saturated rings. The van der Waals surface area contributed by atoms with Crippen molar-refractivity contribution in [3.63, 3.8) is 0 Å². The molecule has 2 nitrogen and oxygen atoms in total. The van der Waals surface area contributed by atoms with Gasteiger partial charge in [-0.3, -0.25) is 0 Å². The smallest absolute Gasteiger partial charge is 0.165 e. The minimum Gasteiger partial charge on any atom is -0.453 e. The molecule has 0 aromatic heterocycles. The molecule has 4 heteroatoms. The summed E-state index contributed by atoms with van der Waals surface area (Å²) in [5.74, 6) is 0.0172. The number of hydrogen-bond acceptors (Lipinski definition) is 2. The Morgan fingerprint density at radius 2 is 1.89 bits per heavy atom. The van der Waals surface area contributed by atoms with Crippen molar-refractivity contribution in [3.8, 4) is 11.5 Å². The van der Waals surface area contributed by atoms with Crippen LogP contribution in [0.15, 0.2) is 42.5 Å². The van der Waals surface area contributed by atoms with E-state index in [-0.39, 0.29) is 5.75 Å². The number of benzene rings is 2. The lowest BCUT2D eigenvalue weighted by Crippen LogP contribution is -1.93. The van der Waals surface area contributed by atoms with Crippen LogP contribution < -0.4 is 4.74 Å². The number of aliphatic hydroxyl groups excluding tert-OH is 1. The van der Waals surface area contributed by atoms with Crippen molar-refractivity contribution < 1.29 is 14.2 Å². The van der Waals surface area contributed by atoms with E-state index >= 15 is 0 Å². The molecule has 0 amide bonds. The Morgan fingerprint density at radius 3 is 2.50 bits per heavy atom. The third kappa shape index (κ3) is 2.81. The van der Waals surface area contributed by atoms with Crippen molar-refractivity contribution in [2.45, 2.75) is 13.0 Å². The summed E-state index contributed by atoms with van der Waals surface area (Å²) in [6.07, 6.45) is -0.606. The van der Waals surface area contributed by atoms with Crippen molar-refractivity contribution in [1.29, 1.82) is 0 Å². The SMILES string of the molecule is C[C@H](O)c1ccc(Oc2ccccc2F)c(Cl)c1. The molecule has 18 heavy (non-hydrogen) atoms. The molecule has 1 N–H and O–H groups in total. The average molecular weight is 267 g/mol. The topological polar surface area (TPSA) is 29.5 Å². The van der Waals surface area contributed by atoms with Crippen molar-refractivity contribution in [2.24, 2.45) is 0 Å². The van der Waals surface area contributed by atoms with Gasteiger partial charge in [-0.15, -0.1) is 0 Å². The van der Waals surface area contributed by atoms with Crippen LogP contribution in [0.25, 0.3) is 0 Å². The number of halogens is 2. The Balaban J connectivity index is 2.28. The minimum atomic E-state index is -0.606. The van der Waals surface area contributed by atoms with Crippen LogP contribution in [0.3, 0.4) is 0 Å². The summed E-state index contributed by atoms with van der Waals surface area (Å²) >= 11 is 6.02. The largest absolute Gasteiger partial charge is 0.453 e. The quantitative estimate of drug-likeness (QED) is 0.896. The summed E-state index contributed by atoms with van der Waals surface area (Å²) < 4.78 is 18.8. The predicted octanol–water partition coefficient (Wildman–Crippen LogP) is 4.32. The number of aliphatic hydroxyl groups is 1. The number of rotatable bonds is 3. The van der Waals surface area contributed by atoms with E-state index in [1.165, 1.54) is 12.1 Å². The summed E-state index contributed by atoms with van der Waals surface area (Å²) in [5, 5.41) is 9.74. The van der Waals surface area contributed by atoms with Crippen molar-refractivity contribution in [1.82, 2.24) is 0 Å². The van der Waals surface area contributed by atoms with Gasteiger partial charge < -0.3 is 9.84 Å². The summed E-state index contributed by atoms with van der Waals surface area (Å²) in [5.41, 5.74) is 0.681. The van der Waals surface area contributed by atoms with Crippen LogP contribution >= 0.6 is 11.6 Å². The Bertz CT molecular complexity index is 555. The molecule has 0 radical (unpaired) electrons. The second-order valence-corrected chi connectivity index (χ2v) is 4.31. The van der Waals surface area contributed by atoms with Crippen LogP contribution in [0.5, 0.6) is 11.5 Å². The molecule has 2 rings (SSSR count). The molecule has 2 aromatic rings. The zero-order valence-corrected chi connectivity index (χ0v) is 10.5. The standard InChI is InChI=1S/C14H12ClFO2/c1-9(17)10-6-7-13(11(15)8-10)18-14-5-3-2-4-12(14)16/h2-9,17H,1H3/t9-/m0/s1. The maximum Gasteiger partial charge on any atom is 0.165 e. The monoisotopic (exact) mass is 266 g/mol. The van der Waals surface area contributed by atoms with E-state index in [0.717, 1.165) is 0 Å². The van der Waals surface area contributed by atoms with Crippen LogP contribution in [-0.4, -0.2) is 5.11 Å². The Kier molecular flexibility index (Phi) is 3.84. The number of hydrogen-bond donors (Lipinski definition) is 1. The number of para-hydroxylation sites is 1. The number of ether oxygens (including phenoxy) is 1. The first-order valence-electron chi connectivity index (χ1n) is 5.48. The zero-order chi connectivity index (χ0) is 13.1. The van der Waals surface area contributed by atoms with E-state index < -0.39 is 11.9 Å². The summed E-state index contributed by atoms with van der Waals surface area (Å²) in [6.45, 7) is 1.64. The molecule has 0 saturated heterocycles. The third-order valence-corrected chi connectivity index (χ3v) is 2.79. The van der Waals surface area contributed by atoms with Crippen LogP contribution in [0.2, 0.25) is 5.02 Å². The Morgan fingerprint density at radius 1 is 1.17 bits per heavy atom. The highest BCUT2D eigenvalue weighted by molar-refractivity contribution is 6.32. The molecule has 94 valence electrons. The highest BCUT2D eigenvalue weighted by Gasteiger charge is 2.09. The normalized spacial score (nSPS) is 12.2. The van der Waals surface area contributed by atoms with Gasteiger partial charge >= 0.3 is 0 Å². The van der Waals surface area contributed by atoms with Gasteiger partial charge in [-0.05, 0) is 36.8 Å². The molecule has 2 aromatic carbocycles. The van der Waals surface area contributed by atoms with Crippen LogP contribution in [0, 0.1) is 5.82 Å². The summed E-state index contributed by atoms with van der Waals surface area (Å²) in [7, 11) is 0. The van der Waals surface area contributed by atoms with Crippen molar-refractivity contribution in [3.05, 3.63) is 58.9 Å². The Hall–Kier alpha value is -1.58. The van der Waals surface area contributed by atoms with E-state index in [2.05, 4.69) is 0 Å². The van der Waals surface area contributed by atoms with Crippen LogP contribution in [-0.2, 0) is 0 Å². The molecule has 0 bridgehead atoms. The fraction of sp³-hybridized carbons (Fsp3) is 0.143. The molecule has 0 heterocycles. The highest BCUT2D eigenvalue weighted by atomic mass is 35.5. The van der Waals surface area contributed by atoms with Crippen molar-refractivity contribution >= 4 is 11.6 Å². The third-order valence-electron chi connectivity index (χ3n) is 2.49. The molecule has 1 atom stereocenters. The average Bonchev–Trinajstić information content (AvgIpc) is 2.34.